The molecule has 1 unspecified atom stereocenters. The molecule has 6 nitrogen and oxygen atoms in total. The van der Waals surface area contributed by atoms with Crippen LogP contribution in [-0.4, -0.2) is 43.6 Å². The molecule has 0 saturated heterocycles. The van der Waals surface area contributed by atoms with E-state index in [4.69, 9.17) is 15.2 Å². The molecule has 0 radical (unpaired) electrons. The van der Waals surface area contributed by atoms with Gasteiger partial charge >= 0.3 is 5.97 Å². The Kier molecular flexibility index (Phi) is 5.17. The van der Waals surface area contributed by atoms with E-state index < -0.39 is 12.1 Å². The highest BCUT2D eigenvalue weighted by Crippen LogP contribution is 2.14. The number of hydrogen-bond donors (Lipinski definition) is 1. The molecule has 0 saturated carbocycles. The third kappa shape index (κ3) is 4.87. The summed E-state index contributed by atoms with van der Waals surface area (Å²) in [6, 6.07) is 6.71. The van der Waals surface area contributed by atoms with Crippen molar-refractivity contribution in [2.45, 2.75) is 13.0 Å². The molecular formula is C13H18N2O4. The highest BCUT2D eigenvalue weighted by Gasteiger charge is 2.19. The van der Waals surface area contributed by atoms with Crippen LogP contribution in [0.1, 0.15) is 6.92 Å². The predicted molar refractivity (Wildman–Crippen MR) is 70.6 cm³/mol. The van der Waals surface area contributed by atoms with Gasteiger partial charge in [0, 0.05) is 25.8 Å². The molecule has 1 rings (SSSR count). The molecule has 1 amide bonds. The van der Waals surface area contributed by atoms with Crippen molar-refractivity contribution in [3.05, 3.63) is 24.3 Å². The van der Waals surface area contributed by atoms with Gasteiger partial charge in [0.25, 0.3) is 5.91 Å². The Morgan fingerprint density at radius 3 is 2.63 bits per heavy atom. The Labute approximate surface area is 112 Å². The third-order valence-electron chi connectivity index (χ3n) is 2.31. The van der Waals surface area contributed by atoms with Crippen LogP contribution in [-0.2, 0) is 14.3 Å². The number of carbonyl (C=O) groups is 2. The van der Waals surface area contributed by atoms with Crippen molar-refractivity contribution in [2.24, 2.45) is 0 Å². The minimum atomic E-state index is -0.827. The van der Waals surface area contributed by atoms with Crippen LogP contribution < -0.4 is 10.5 Å². The van der Waals surface area contributed by atoms with Crippen LogP contribution in [0.25, 0.3) is 0 Å². The zero-order chi connectivity index (χ0) is 14.4. The molecule has 0 bridgehead atoms. The van der Waals surface area contributed by atoms with Crippen molar-refractivity contribution in [1.82, 2.24) is 4.90 Å². The molecule has 0 aliphatic carbocycles. The highest BCUT2D eigenvalue weighted by atomic mass is 16.6. The van der Waals surface area contributed by atoms with E-state index in [1.54, 1.807) is 38.4 Å². The number of carbonyl (C=O) groups excluding carboxylic acids is 2. The lowest BCUT2D eigenvalue weighted by atomic mass is 10.3. The fourth-order valence-electron chi connectivity index (χ4n) is 1.39. The number of nitrogens with two attached hydrogens (primary N) is 1. The van der Waals surface area contributed by atoms with Crippen molar-refractivity contribution in [2.75, 3.05) is 26.4 Å². The first kappa shape index (κ1) is 14.8. The summed E-state index contributed by atoms with van der Waals surface area (Å²) in [7, 11) is 3.19. The molecule has 19 heavy (non-hydrogen) atoms. The molecule has 1 aromatic carbocycles. The van der Waals surface area contributed by atoms with E-state index in [-0.39, 0.29) is 12.5 Å². The van der Waals surface area contributed by atoms with E-state index in [9.17, 15) is 9.59 Å². The molecule has 1 aromatic rings. The lowest BCUT2D eigenvalue weighted by Crippen LogP contribution is -2.35. The molecule has 2 N–H and O–H groups in total. The minimum absolute atomic E-state index is 0.269. The predicted octanol–water partition coefficient (Wildman–Crippen LogP) is 0.668. The molecule has 0 aliphatic heterocycles. The molecular weight excluding hydrogens is 248 g/mol. The number of anilines is 1. The van der Waals surface area contributed by atoms with E-state index in [1.165, 1.54) is 11.8 Å². The van der Waals surface area contributed by atoms with E-state index in [0.29, 0.717) is 11.4 Å². The Morgan fingerprint density at radius 2 is 2.05 bits per heavy atom. The number of rotatable bonds is 5. The van der Waals surface area contributed by atoms with Crippen molar-refractivity contribution < 1.29 is 19.1 Å². The van der Waals surface area contributed by atoms with Gasteiger partial charge in [-0.2, -0.15) is 0 Å². The molecule has 104 valence electrons. The van der Waals surface area contributed by atoms with Gasteiger partial charge in [-0.25, -0.2) is 4.79 Å². The second kappa shape index (κ2) is 6.63. The second-order valence-electron chi connectivity index (χ2n) is 4.23. The summed E-state index contributed by atoms with van der Waals surface area (Å²) in [5.41, 5.74) is 6.12. The number of nitrogen functional groups attached to an aromatic ring is 1. The number of ether oxygens (including phenoxy) is 2. The van der Waals surface area contributed by atoms with Gasteiger partial charge in [0.1, 0.15) is 5.75 Å². The number of amides is 1. The van der Waals surface area contributed by atoms with Crippen LogP contribution in [0, 0.1) is 0 Å². The molecule has 0 fully saturated rings. The van der Waals surface area contributed by atoms with Crippen molar-refractivity contribution in [3.8, 4) is 5.75 Å². The quantitative estimate of drug-likeness (QED) is 0.625. The maximum Gasteiger partial charge on any atom is 0.344 e. The lowest BCUT2D eigenvalue weighted by Gasteiger charge is -2.17. The first-order valence-electron chi connectivity index (χ1n) is 5.79. The zero-order valence-electron chi connectivity index (χ0n) is 11.3. The van der Waals surface area contributed by atoms with E-state index in [1.807, 2.05) is 0 Å². The minimum Gasteiger partial charge on any atom is -0.482 e. The van der Waals surface area contributed by atoms with Crippen molar-refractivity contribution in [1.29, 1.82) is 0 Å². The summed E-state index contributed by atoms with van der Waals surface area (Å²) in [6.45, 7) is 1.25. The van der Waals surface area contributed by atoms with E-state index in [0.717, 1.165) is 0 Å². The van der Waals surface area contributed by atoms with Crippen molar-refractivity contribution in [3.63, 3.8) is 0 Å². The fourth-order valence-corrected chi connectivity index (χ4v) is 1.39. The standard InChI is InChI=1S/C13H18N2O4/c1-9(13(17)15(2)3)19-12(16)8-18-11-6-4-5-10(14)7-11/h4-7,9H,8,14H2,1-3H3. The summed E-state index contributed by atoms with van der Waals surface area (Å²) in [6.07, 6.45) is -0.827. The second-order valence-corrected chi connectivity index (χ2v) is 4.23. The van der Waals surface area contributed by atoms with Crippen LogP contribution in [0.2, 0.25) is 0 Å². The van der Waals surface area contributed by atoms with Gasteiger partial charge in [0.05, 0.1) is 0 Å². The fraction of sp³-hybridized carbons (Fsp3) is 0.385. The summed E-state index contributed by atoms with van der Waals surface area (Å²) in [5, 5.41) is 0. The summed E-state index contributed by atoms with van der Waals surface area (Å²) in [5.74, 6) is -0.411. The largest absolute Gasteiger partial charge is 0.482 e. The molecule has 1 atom stereocenters. The van der Waals surface area contributed by atoms with Gasteiger partial charge in [-0.1, -0.05) is 6.07 Å². The Morgan fingerprint density at radius 1 is 1.37 bits per heavy atom. The number of esters is 1. The van der Waals surface area contributed by atoms with Crippen molar-refractivity contribution >= 4 is 17.6 Å². The maximum absolute atomic E-state index is 11.5. The molecule has 0 aliphatic rings. The average Bonchev–Trinajstić information content (AvgIpc) is 2.35. The molecule has 0 heterocycles. The SMILES string of the molecule is CC(OC(=O)COc1cccc(N)c1)C(=O)N(C)C. The topological polar surface area (TPSA) is 81.9 Å². The van der Waals surface area contributed by atoms with Crippen LogP contribution in [0.5, 0.6) is 5.75 Å². The first-order valence-corrected chi connectivity index (χ1v) is 5.79. The van der Waals surface area contributed by atoms with Gasteiger partial charge in [-0.3, -0.25) is 4.79 Å². The van der Waals surface area contributed by atoms with Gasteiger partial charge in [-0.15, -0.1) is 0 Å². The normalized spacial score (nSPS) is 11.5. The summed E-state index contributed by atoms with van der Waals surface area (Å²) >= 11 is 0. The summed E-state index contributed by atoms with van der Waals surface area (Å²) < 4.78 is 10.1. The maximum atomic E-state index is 11.5. The van der Waals surface area contributed by atoms with Gasteiger partial charge in [-0.05, 0) is 19.1 Å². The summed E-state index contributed by atoms with van der Waals surface area (Å²) in [4.78, 5) is 24.3. The first-order chi connectivity index (χ1) is 8.90. The van der Waals surface area contributed by atoms with Crippen LogP contribution in [0.4, 0.5) is 5.69 Å². The van der Waals surface area contributed by atoms with Gasteiger partial charge in [0.15, 0.2) is 12.7 Å². The van der Waals surface area contributed by atoms with Crippen LogP contribution in [0.3, 0.4) is 0 Å². The molecule has 0 spiro atoms. The van der Waals surface area contributed by atoms with Crippen LogP contribution in [0.15, 0.2) is 24.3 Å². The van der Waals surface area contributed by atoms with Gasteiger partial charge in [0.2, 0.25) is 0 Å². The Hall–Kier alpha value is -2.24. The molecule has 6 heteroatoms. The molecule has 0 aromatic heterocycles. The highest BCUT2D eigenvalue weighted by molar-refractivity contribution is 5.83. The smallest absolute Gasteiger partial charge is 0.344 e. The Bertz CT molecular complexity index is 460. The average molecular weight is 266 g/mol. The van der Waals surface area contributed by atoms with Crippen LogP contribution >= 0.6 is 0 Å². The van der Waals surface area contributed by atoms with E-state index in [2.05, 4.69) is 0 Å². The Balaban J connectivity index is 2.42. The van der Waals surface area contributed by atoms with Gasteiger partial charge < -0.3 is 20.1 Å². The number of benzene rings is 1. The third-order valence-corrected chi connectivity index (χ3v) is 2.31. The number of nitrogens with zero attached hydrogens (tertiary/aromatic N) is 1. The number of hydrogen-bond acceptors (Lipinski definition) is 5. The van der Waals surface area contributed by atoms with E-state index >= 15 is 0 Å². The zero-order valence-corrected chi connectivity index (χ0v) is 11.3. The monoisotopic (exact) mass is 266 g/mol. The lowest BCUT2D eigenvalue weighted by molar-refractivity contribution is -0.159. The number of likely N-dealkylation sites (N-methyl/N-ethyl adjacent to an activating group) is 1.